The zero-order chi connectivity index (χ0) is 20.4. The molecule has 1 saturated heterocycles. The lowest BCUT2D eigenvalue weighted by molar-refractivity contribution is -0.385. The molecule has 1 aromatic heterocycles. The zero-order valence-electron chi connectivity index (χ0n) is 16.2. The minimum absolute atomic E-state index is 0.0520. The van der Waals surface area contributed by atoms with E-state index in [1.54, 1.807) is 0 Å². The second kappa shape index (κ2) is 8.11. The molecule has 2 fully saturated rings. The number of hydrogen-bond acceptors (Lipinski definition) is 6. The molecule has 10 heteroatoms. The third-order valence-corrected chi connectivity index (χ3v) is 7.62. The van der Waals surface area contributed by atoms with Gasteiger partial charge in [0.1, 0.15) is 4.90 Å². The lowest BCUT2D eigenvalue weighted by Crippen LogP contribution is -2.28. The first-order valence-corrected chi connectivity index (χ1v) is 11.5. The summed E-state index contributed by atoms with van der Waals surface area (Å²) in [6.07, 6.45) is 8.28. The van der Waals surface area contributed by atoms with E-state index in [9.17, 15) is 18.5 Å². The number of nitrogens with zero attached hydrogens (tertiary/aromatic N) is 4. The number of rotatable bonds is 7. The summed E-state index contributed by atoms with van der Waals surface area (Å²) in [7, 11) is -3.80. The molecule has 1 aromatic carbocycles. The highest BCUT2D eigenvalue weighted by atomic mass is 32.2. The Morgan fingerprint density at radius 1 is 1.14 bits per heavy atom. The Kier molecular flexibility index (Phi) is 5.55. The Balaban J connectivity index is 1.57. The smallest absolute Gasteiger partial charge is 0.270 e. The normalized spacial score (nSPS) is 18.3. The Morgan fingerprint density at radius 3 is 2.55 bits per heavy atom. The summed E-state index contributed by atoms with van der Waals surface area (Å²) in [6, 6.07) is 6.30. The summed E-state index contributed by atoms with van der Waals surface area (Å²) < 4.78 is 29.5. The zero-order valence-corrected chi connectivity index (χ0v) is 17.0. The third kappa shape index (κ3) is 4.13. The van der Waals surface area contributed by atoms with Gasteiger partial charge in [-0.3, -0.25) is 14.8 Å². The molecule has 0 bridgehead atoms. The number of non-ortho nitro benzene ring substituents is 1. The standard InChI is InChI=1S/C19H25N5O4S/c25-24(26)17-7-8-18(19(13-17)29(27,28)22-10-3-4-11-22)20-14-15-9-12-23(21-15)16-5-1-2-6-16/h7-9,12-13,16,20H,1-6,10-11,14H2. The molecule has 1 aliphatic heterocycles. The quantitative estimate of drug-likeness (QED) is 0.545. The van der Waals surface area contributed by atoms with Crippen molar-refractivity contribution in [2.45, 2.75) is 56.0 Å². The lowest BCUT2D eigenvalue weighted by atomic mass is 10.2. The van der Waals surface area contributed by atoms with E-state index in [0.29, 0.717) is 31.4 Å². The van der Waals surface area contributed by atoms with Crippen LogP contribution in [0.2, 0.25) is 0 Å². The molecule has 2 heterocycles. The van der Waals surface area contributed by atoms with Gasteiger partial charge in [0.2, 0.25) is 10.0 Å². The number of aromatic nitrogens is 2. The van der Waals surface area contributed by atoms with Gasteiger partial charge >= 0.3 is 0 Å². The first-order valence-electron chi connectivity index (χ1n) is 10.0. The van der Waals surface area contributed by atoms with Crippen LogP contribution in [0.25, 0.3) is 0 Å². The van der Waals surface area contributed by atoms with Crippen molar-refractivity contribution in [1.82, 2.24) is 14.1 Å². The Morgan fingerprint density at radius 2 is 1.86 bits per heavy atom. The van der Waals surface area contributed by atoms with Crippen molar-refractivity contribution >= 4 is 21.4 Å². The van der Waals surface area contributed by atoms with E-state index in [0.717, 1.165) is 37.4 Å². The Labute approximate surface area is 169 Å². The average Bonchev–Trinajstić information content (AvgIpc) is 3.48. The van der Waals surface area contributed by atoms with Crippen molar-refractivity contribution in [2.24, 2.45) is 0 Å². The van der Waals surface area contributed by atoms with Gasteiger partial charge in [0.25, 0.3) is 5.69 Å². The summed E-state index contributed by atoms with van der Waals surface area (Å²) in [5.74, 6) is 0. The van der Waals surface area contributed by atoms with Crippen LogP contribution in [-0.2, 0) is 16.6 Å². The molecule has 1 N–H and O–H groups in total. The largest absolute Gasteiger partial charge is 0.378 e. The summed E-state index contributed by atoms with van der Waals surface area (Å²) in [4.78, 5) is 10.6. The molecule has 4 rings (SSSR count). The second-order valence-electron chi connectivity index (χ2n) is 7.63. The number of hydrogen-bond donors (Lipinski definition) is 1. The van der Waals surface area contributed by atoms with Gasteiger partial charge < -0.3 is 5.32 Å². The van der Waals surface area contributed by atoms with Gasteiger partial charge in [-0.1, -0.05) is 12.8 Å². The van der Waals surface area contributed by atoms with Crippen molar-refractivity contribution in [3.05, 3.63) is 46.3 Å². The molecule has 2 aliphatic rings. The number of nitrogens with one attached hydrogen (secondary N) is 1. The van der Waals surface area contributed by atoms with Gasteiger partial charge in [-0.25, -0.2) is 8.42 Å². The van der Waals surface area contributed by atoms with E-state index in [4.69, 9.17) is 0 Å². The monoisotopic (exact) mass is 419 g/mol. The van der Waals surface area contributed by atoms with E-state index in [-0.39, 0.29) is 10.6 Å². The van der Waals surface area contributed by atoms with Crippen molar-refractivity contribution in [1.29, 1.82) is 0 Å². The van der Waals surface area contributed by atoms with Gasteiger partial charge in [-0.15, -0.1) is 0 Å². The van der Waals surface area contributed by atoms with Gasteiger partial charge in [0.15, 0.2) is 0 Å². The van der Waals surface area contributed by atoms with Gasteiger partial charge in [-0.2, -0.15) is 9.40 Å². The summed E-state index contributed by atoms with van der Waals surface area (Å²) >= 11 is 0. The molecule has 0 spiro atoms. The predicted molar refractivity (Wildman–Crippen MR) is 108 cm³/mol. The molecule has 1 aliphatic carbocycles. The fraction of sp³-hybridized carbons (Fsp3) is 0.526. The van der Waals surface area contributed by atoms with Crippen molar-refractivity contribution < 1.29 is 13.3 Å². The topological polar surface area (TPSA) is 110 Å². The number of anilines is 1. The highest BCUT2D eigenvalue weighted by Gasteiger charge is 2.31. The molecule has 1 saturated carbocycles. The average molecular weight is 420 g/mol. The number of sulfonamides is 1. The number of nitro benzene ring substituents is 1. The highest BCUT2D eigenvalue weighted by Crippen LogP contribution is 2.31. The predicted octanol–water partition coefficient (Wildman–Crippen LogP) is 3.30. The summed E-state index contributed by atoms with van der Waals surface area (Å²) in [6.45, 7) is 1.23. The minimum Gasteiger partial charge on any atom is -0.378 e. The highest BCUT2D eigenvalue weighted by molar-refractivity contribution is 7.89. The van der Waals surface area contributed by atoms with Crippen LogP contribution in [0.5, 0.6) is 0 Å². The molecule has 0 atom stereocenters. The van der Waals surface area contributed by atoms with Gasteiger partial charge in [0.05, 0.1) is 28.9 Å². The minimum atomic E-state index is -3.80. The maximum absolute atomic E-state index is 13.1. The SMILES string of the molecule is O=[N+]([O-])c1ccc(NCc2ccn(C3CCCC3)n2)c(S(=O)(=O)N2CCCC2)c1. The van der Waals surface area contributed by atoms with Crippen molar-refractivity contribution in [3.63, 3.8) is 0 Å². The van der Waals surface area contributed by atoms with Crippen LogP contribution in [0.15, 0.2) is 35.4 Å². The molecule has 156 valence electrons. The molecule has 2 aromatic rings. The van der Waals surface area contributed by atoms with Crippen LogP contribution >= 0.6 is 0 Å². The van der Waals surface area contributed by atoms with Crippen LogP contribution < -0.4 is 5.32 Å². The molecule has 0 amide bonds. The number of benzene rings is 1. The van der Waals surface area contributed by atoms with Crippen LogP contribution in [0.3, 0.4) is 0 Å². The first-order chi connectivity index (χ1) is 13.9. The number of nitro groups is 1. The maximum Gasteiger partial charge on any atom is 0.270 e. The summed E-state index contributed by atoms with van der Waals surface area (Å²) in [5, 5.41) is 18.9. The van der Waals surface area contributed by atoms with Crippen molar-refractivity contribution in [3.8, 4) is 0 Å². The molecular formula is C19H25N5O4S. The second-order valence-corrected chi connectivity index (χ2v) is 9.53. The molecular weight excluding hydrogens is 394 g/mol. The van der Waals surface area contributed by atoms with E-state index in [1.807, 2.05) is 16.9 Å². The fourth-order valence-corrected chi connectivity index (χ4v) is 5.79. The van der Waals surface area contributed by atoms with Gasteiger partial charge in [0, 0.05) is 31.4 Å². The molecule has 0 radical (unpaired) electrons. The Hall–Kier alpha value is -2.46. The van der Waals surface area contributed by atoms with E-state index < -0.39 is 14.9 Å². The molecule has 9 nitrogen and oxygen atoms in total. The fourth-order valence-electron chi connectivity index (χ4n) is 4.08. The van der Waals surface area contributed by atoms with Crippen LogP contribution in [0, 0.1) is 10.1 Å². The third-order valence-electron chi connectivity index (χ3n) is 5.68. The lowest BCUT2D eigenvalue weighted by Gasteiger charge is -2.18. The maximum atomic E-state index is 13.1. The van der Waals surface area contributed by atoms with Crippen molar-refractivity contribution in [2.75, 3.05) is 18.4 Å². The first kappa shape index (κ1) is 19.8. The summed E-state index contributed by atoms with van der Waals surface area (Å²) in [5.41, 5.74) is 0.927. The van der Waals surface area contributed by atoms with Gasteiger partial charge in [-0.05, 0) is 37.8 Å². The molecule has 0 unspecified atom stereocenters. The van der Waals surface area contributed by atoms with Crippen LogP contribution in [0.4, 0.5) is 11.4 Å². The Bertz CT molecular complexity index is 992. The van der Waals surface area contributed by atoms with E-state index >= 15 is 0 Å². The van der Waals surface area contributed by atoms with E-state index in [2.05, 4.69) is 10.4 Å². The van der Waals surface area contributed by atoms with Crippen LogP contribution in [-0.4, -0.2) is 40.5 Å². The molecule has 29 heavy (non-hydrogen) atoms. The van der Waals surface area contributed by atoms with Crippen LogP contribution in [0.1, 0.15) is 50.3 Å². The van der Waals surface area contributed by atoms with E-state index in [1.165, 1.54) is 29.3 Å².